The Labute approximate surface area is 116 Å². The number of aromatic nitrogens is 1. The van der Waals surface area contributed by atoms with Gasteiger partial charge < -0.3 is 15.5 Å². The van der Waals surface area contributed by atoms with Crippen molar-refractivity contribution in [3.63, 3.8) is 0 Å². The van der Waals surface area contributed by atoms with Crippen LogP contribution in [0.4, 0.5) is 17.3 Å². The van der Waals surface area contributed by atoms with Crippen LogP contribution in [-0.2, 0) is 0 Å². The molecule has 0 fully saturated rings. The third-order valence-electron chi connectivity index (χ3n) is 3.01. The zero-order chi connectivity index (χ0) is 14.9. The molecule has 1 atom stereocenters. The van der Waals surface area contributed by atoms with Gasteiger partial charge in [0.25, 0.3) is 0 Å². The van der Waals surface area contributed by atoms with E-state index in [4.69, 9.17) is 10.2 Å². The number of hydrogen-bond acceptors (Lipinski definition) is 6. The summed E-state index contributed by atoms with van der Waals surface area (Å²) < 4.78 is 5.47. The van der Waals surface area contributed by atoms with E-state index in [1.807, 2.05) is 26.8 Å². The first-order chi connectivity index (χ1) is 9.38. The van der Waals surface area contributed by atoms with Crippen molar-refractivity contribution >= 4 is 17.3 Å². The molecule has 0 radical (unpaired) electrons. The molecule has 0 saturated heterocycles. The minimum absolute atomic E-state index is 0.0409. The molecule has 3 N–H and O–H groups in total. The first-order valence-electron chi connectivity index (χ1n) is 6.13. The van der Waals surface area contributed by atoms with Gasteiger partial charge in [-0.2, -0.15) is 0 Å². The first-order valence-corrected chi connectivity index (χ1v) is 6.13. The molecule has 0 spiro atoms. The van der Waals surface area contributed by atoms with Crippen molar-refractivity contribution in [3.8, 4) is 0 Å². The van der Waals surface area contributed by atoms with Crippen LogP contribution in [0.1, 0.15) is 30.0 Å². The monoisotopic (exact) mass is 276 g/mol. The molecule has 0 aliphatic heterocycles. The number of nitro groups is 1. The lowest BCUT2D eigenvalue weighted by molar-refractivity contribution is -0.384. The quantitative estimate of drug-likeness (QED) is 0.656. The van der Waals surface area contributed by atoms with Crippen molar-refractivity contribution in [2.45, 2.75) is 26.8 Å². The number of nitrogens with zero attached hydrogens (tertiary/aromatic N) is 2. The number of furan rings is 1. The highest BCUT2D eigenvalue weighted by atomic mass is 16.6. The minimum atomic E-state index is -0.556. The maximum atomic E-state index is 10.7. The molecule has 2 aromatic heterocycles. The van der Waals surface area contributed by atoms with Crippen molar-refractivity contribution in [1.82, 2.24) is 4.98 Å². The van der Waals surface area contributed by atoms with E-state index >= 15 is 0 Å². The van der Waals surface area contributed by atoms with Gasteiger partial charge in [-0.05, 0) is 32.9 Å². The number of anilines is 2. The lowest BCUT2D eigenvalue weighted by Crippen LogP contribution is -2.09. The van der Waals surface area contributed by atoms with Crippen LogP contribution >= 0.6 is 0 Å². The van der Waals surface area contributed by atoms with Gasteiger partial charge in [0.15, 0.2) is 0 Å². The number of nitrogens with one attached hydrogen (secondary N) is 1. The molecule has 7 nitrogen and oxygen atoms in total. The summed E-state index contributed by atoms with van der Waals surface area (Å²) in [6.07, 6.45) is 0. The van der Waals surface area contributed by atoms with Crippen molar-refractivity contribution in [2.75, 3.05) is 11.1 Å². The summed E-state index contributed by atoms with van der Waals surface area (Å²) in [5, 5.41) is 13.8. The Hall–Kier alpha value is -2.57. The zero-order valence-electron chi connectivity index (χ0n) is 11.5. The summed E-state index contributed by atoms with van der Waals surface area (Å²) in [7, 11) is 0. The number of hydrogen-bond donors (Lipinski definition) is 2. The van der Waals surface area contributed by atoms with E-state index in [1.165, 1.54) is 12.1 Å². The predicted octanol–water partition coefficient (Wildman–Crippen LogP) is 2.95. The van der Waals surface area contributed by atoms with E-state index in [-0.39, 0.29) is 17.5 Å². The summed E-state index contributed by atoms with van der Waals surface area (Å²) in [4.78, 5) is 14.1. The van der Waals surface area contributed by atoms with Crippen LogP contribution in [0.3, 0.4) is 0 Å². The molecular formula is C13H16N4O3. The van der Waals surface area contributed by atoms with E-state index in [2.05, 4.69) is 10.3 Å². The Morgan fingerprint density at radius 1 is 1.45 bits per heavy atom. The summed E-state index contributed by atoms with van der Waals surface area (Å²) in [5.74, 6) is 2.05. The molecule has 0 aliphatic rings. The molecule has 0 bridgehead atoms. The Kier molecular flexibility index (Phi) is 3.60. The fourth-order valence-electron chi connectivity index (χ4n) is 2.08. The highest BCUT2D eigenvalue weighted by molar-refractivity contribution is 5.57. The third-order valence-corrected chi connectivity index (χ3v) is 3.01. The Morgan fingerprint density at radius 3 is 2.65 bits per heavy atom. The van der Waals surface area contributed by atoms with Gasteiger partial charge in [-0.3, -0.25) is 10.1 Å². The van der Waals surface area contributed by atoms with E-state index in [0.29, 0.717) is 5.82 Å². The average molecular weight is 276 g/mol. The fraction of sp³-hybridized carbons (Fsp3) is 0.308. The molecule has 2 heterocycles. The smallest absolute Gasteiger partial charge is 0.311 e. The van der Waals surface area contributed by atoms with Gasteiger partial charge in [-0.1, -0.05) is 0 Å². The highest BCUT2D eigenvalue weighted by Gasteiger charge is 2.16. The third kappa shape index (κ3) is 2.71. The summed E-state index contributed by atoms with van der Waals surface area (Å²) in [6, 6.07) is 4.78. The topological polar surface area (TPSA) is 107 Å². The number of rotatable bonds is 4. The lowest BCUT2D eigenvalue weighted by Gasteiger charge is -2.14. The van der Waals surface area contributed by atoms with Crippen LogP contribution in [0.25, 0.3) is 0 Å². The molecule has 20 heavy (non-hydrogen) atoms. The molecule has 0 amide bonds. The van der Waals surface area contributed by atoms with Crippen LogP contribution in [-0.4, -0.2) is 9.91 Å². The fourth-order valence-corrected chi connectivity index (χ4v) is 2.08. The van der Waals surface area contributed by atoms with Gasteiger partial charge in [0, 0.05) is 11.6 Å². The van der Waals surface area contributed by atoms with Crippen LogP contribution < -0.4 is 11.1 Å². The molecule has 7 heteroatoms. The van der Waals surface area contributed by atoms with Gasteiger partial charge in [0.1, 0.15) is 17.3 Å². The second kappa shape index (κ2) is 5.20. The first kappa shape index (κ1) is 13.9. The number of aryl methyl sites for hydroxylation is 2. The maximum absolute atomic E-state index is 10.7. The van der Waals surface area contributed by atoms with Crippen molar-refractivity contribution in [1.29, 1.82) is 0 Å². The van der Waals surface area contributed by atoms with Gasteiger partial charge in [0.2, 0.25) is 5.82 Å². The van der Waals surface area contributed by atoms with E-state index in [0.717, 1.165) is 17.1 Å². The second-order valence-corrected chi connectivity index (χ2v) is 4.59. The van der Waals surface area contributed by atoms with E-state index < -0.39 is 4.92 Å². The van der Waals surface area contributed by atoms with Crippen LogP contribution in [0.2, 0.25) is 0 Å². The Balaban J connectivity index is 2.20. The van der Waals surface area contributed by atoms with Crippen molar-refractivity contribution in [2.24, 2.45) is 0 Å². The van der Waals surface area contributed by atoms with Crippen molar-refractivity contribution < 1.29 is 9.34 Å². The highest BCUT2D eigenvalue weighted by Crippen LogP contribution is 2.26. The molecule has 106 valence electrons. The average Bonchev–Trinajstić information content (AvgIpc) is 2.68. The summed E-state index contributed by atoms with van der Waals surface area (Å²) >= 11 is 0. The normalized spacial score (nSPS) is 12.2. The van der Waals surface area contributed by atoms with Gasteiger partial charge >= 0.3 is 5.69 Å². The molecule has 0 saturated carbocycles. The number of nitrogens with two attached hydrogens (primary N) is 1. The number of pyridine rings is 1. The molecule has 1 unspecified atom stereocenters. The van der Waals surface area contributed by atoms with Gasteiger partial charge in [-0.25, -0.2) is 4.98 Å². The van der Waals surface area contributed by atoms with Crippen LogP contribution in [0, 0.1) is 24.0 Å². The SMILES string of the molecule is Cc1cc(C(C)Nc2ccc([N+](=O)[O-])c(N)n2)c(C)o1. The second-order valence-electron chi connectivity index (χ2n) is 4.59. The summed E-state index contributed by atoms with van der Waals surface area (Å²) in [6.45, 7) is 5.72. The van der Waals surface area contributed by atoms with Gasteiger partial charge in [-0.15, -0.1) is 0 Å². The van der Waals surface area contributed by atoms with Crippen LogP contribution in [0.15, 0.2) is 22.6 Å². The molecule has 0 aromatic carbocycles. The predicted molar refractivity (Wildman–Crippen MR) is 75.5 cm³/mol. The van der Waals surface area contributed by atoms with E-state index in [1.54, 1.807) is 0 Å². The minimum Gasteiger partial charge on any atom is -0.466 e. The summed E-state index contributed by atoms with van der Waals surface area (Å²) in [5.41, 5.74) is 6.38. The standard InChI is InChI=1S/C13H16N4O3/c1-7-6-10(9(3)20-7)8(2)15-12-5-4-11(17(18)19)13(14)16-12/h4-6,8H,1-3H3,(H3,14,15,16). The largest absolute Gasteiger partial charge is 0.466 e. The van der Waals surface area contributed by atoms with Crippen molar-refractivity contribution in [3.05, 3.63) is 45.4 Å². The van der Waals surface area contributed by atoms with Gasteiger partial charge in [0.05, 0.1) is 11.0 Å². The van der Waals surface area contributed by atoms with Crippen LogP contribution in [0.5, 0.6) is 0 Å². The number of nitrogen functional groups attached to an aromatic ring is 1. The molecule has 0 aliphatic carbocycles. The zero-order valence-corrected chi connectivity index (χ0v) is 11.5. The van der Waals surface area contributed by atoms with E-state index in [9.17, 15) is 10.1 Å². The molecule has 2 aromatic rings. The maximum Gasteiger partial charge on any atom is 0.311 e. The molecule has 2 rings (SSSR count). The lowest BCUT2D eigenvalue weighted by atomic mass is 10.1. The Bertz CT molecular complexity index is 651. The molecular weight excluding hydrogens is 260 g/mol. The Morgan fingerprint density at radius 2 is 2.15 bits per heavy atom.